The van der Waals surface area contributed by atoms with Crippen molar-refractivity contribution in [2.45, 2.75) is 43.5 Å². The summed E-state index contributed by atoms with van der Waals surface area (Å²) in [5.41, 5.74) is 6.84. The molecule has 4 nitrogen and oxygen atoms in total. The first-order valence-corrected chi connectivity index (χ1v) is 8.34. The summed E-state index contributed by atoms with van der Waals surface area (Å²) < 4.78 is 26.6. The third-order valence-electron chi connectivity index (χ3n) is 3.66. The van der Waals surface area contributed by atoms with Gasteiger partial charge in [0.25, 0.3) is 0 Å². The Kier molecular flexibility index (Phi) is 6.45. The fraction of sp³-hybridized carbons (Fsp3) is 0.571. The van der Waals surface area contributed by atoms with Gasteiger partial charge >= 0.3 is 0 Å². The van der Waals surface area contributed by atoms with Crippen molar-refractivity contribution in [2.75, 3.05) is 13.1 Å². The van der Waals surface area contributed by atoms with Crippen LogP contribution in [0, 0.1) is 0 Å². The molecule has 1 heterocycles. The fourth-order valence-electron chi connectivity index (χ4n) is 2.61. The third kappa shape index (κ3) is 3.52. The molecule has 1 aliphatic heterocycles. The van der Waals surface area contributed by atoms with Gasteiger partial charge in [0.1, 0.15) is 0 Å². The van der Waals surface area contributed by atoms with E-state index < -0.39 is 10.0 Å². The number of hydrogen-bond acceptors (Lipinski definition) is 3. The van der Waals surface area contributed by atoms with Crippen molar-refractivity contribution in [2.24, 2.45) is 5.73 Å². The second kappa shape index (κ2) is 7.41. The maximum absolute atomic E-state index is 12.5. The normalized spacial score (nSPS) is 19.8. The number of nitrogens with zero attached hydrogens (tertiary/aromatic N) is 1. The van der Waals surface area contributed by atoms with E-state index in [2.05, 4.69) is 6.92 Å². The van der Waals surface area contributed by atoms with E-state index in [1.54, 1.807) is 16.4 Å². The Hall–Kier alpha value is -0.620. The van der Waals surface area contributed by atoms with E-state index in [4.69, 9.17) is 5.73 Å². The highest BCUT2D eigenvalue weighted by Crippen LogP contribution is 2.25. The lowest BCUT2D eigenvalue weighted by Gasteiger charge is -2.22. The van der Waals surface area contributed by atoms with Crippen molar-refractivity contribution in [1.29, 1.82) is 0 Å². The molecule has 1 fully saturated rings. The number of rotatable bonds is 5. The lowest BCUT2D eigenvalue weighted by molar-refractivity contribution is 0.393. The van der Waals surface area contributed by atoms with Gasteiger partial charge in [-0.3, -0.25) is 0 Å². The highest BCUT2D eigenvalue weighted by molar-refractivity contribution is 7.89. The summed E-state index contributed by atoms with van der Waals surface area (Å²) in [5.74, 6) is 0. The lowest BCUT2D eigenvalue weighted by atomic mass is 10.1. The van der Waals surface area contributed by atoms with Crippen LogP contribution in [0.4, 0.5) is 0 Å². The molecular weight excluding hydrogens is 296 g/mol. The Balaban J connectivity index is 0.00000200. The average molecular weight is 319 g/mol. The molecule has 0 amide bonds. The number of nitrogens with two attached hydrogens (primary N) is 1. The van der Waals surface area contributed by atoms with Crippen molar-refractivity contribution in [1.82, 2.24) is 4.31 Å². The molecule has 2 rings (SSSR count). The van der Waals surface area contributed by atoms with Crippen LogP contribution in [0.2, 0.25) is 0 Å². The smallest absolute Gasteiger partial charge is 0.243 e. The van der Waals surface area contributed by atoms with E-state index >= 15 is 0 Å². The Morgan fingerprint density at radius 2 is 1.95 bits per heavy atom. The van der Waals surface area contributed by atoms with Crippen LogP contribution in [0.15, 0.2) is 29.2 Å². The van der Waals surface area contributed by atoms with Gasteiger partial charge in [-0.1, -0.05) is 25.5 Å². The van der Waals surface area contributed by atoms with Gasteiger partial charge < -0.3 is 5.73 Å². The minimum absolute atomic E-state index is 0. The molecule has 2 N–H and O–H groups in total. The molecule has 0 aromatic heterocycles. The maximum Gasteiger partial charge on any atom is 0.243 e. The van der Waals surface area contributed by atoms with Gasteiger partial charge in [-0.25, -0.2) is 8.42 Å². The number of aryl methyl sites for hydroxylation is 1. The summed E-state index contributed by atoms with van der Waals surface area (Å²) in [5, 5.41) is 0. The second-order valence-corrected chi connectivity index (χ2v) is 6.93. The van der Waals surface area contributed by atoms with E-state index in [1.165, 1.54) is 5.56 Å². The molecule has 1 atom stereocenters. The van der Waals surface area contributed by atoms with Crippen molar-refractivity contribution in [3.05, 3.63) is 29.8 Å². The van der Waals surface area contributed by atoms with Crippen LogP contribution in [0.25, 0.3) is 0 Å². The quantitative estimate of drug-likeness (QED) is 0.905. The summed E-state index contributed by atoms with van der Waals surface area (Å²) in [6.45, 7) is 3.09. The first kappa shape index (κ1) is 17.4. The van der Waals surface area contributed by atoms with Gasteiger partial charge in [0, 0.05) is 19.1 Å². The standard InChI is InChI=1S/C14H22N2O2S.ClH/c1-2-4-12-6-8-14(9-7-12)19(17,18)16-10-3-5-13(16)11-15;/h6-9,13H,2-5,10-11,15H2,1H3;1H. The van der Waals surface area contributed by atoms with E-state index in [0.29, 0.717) is 18.0 Å². The van der Waals surface area contributed by atoms with Gasteiger partial charge in [0.05, 0.1) is 4.90 Å². The van der Waals surface area contributed by atoms with Crippen molar-refractivity contribution >= 4 is 22.4 Å². The van der Waals surface area contributed by atoms with Crippen LogP contribution in [-0.4, -0.2) is 31.9 Å². The second-order valence-electron chi connectivity index (χ2n) is 5.04. The molecule has 1 saturated heterocycles. The SMILES string of the molecule is CCCc1ccc(S(=O)(=O)N2CCCC2CN)cc1.Cl. The molecule has 1 aromatic rings. The summed E-state index contributed by atoms with van der Waals surface area (Å²) in [6, 6.07) is 7.20. The van der Waals surface area contributed by atoms with Gasteiger partial charge in [0.2, 0.25) is 10.0 Å². The molecule has 0 bridgehead atoms. The summed E-state index contributed by atoms with van der Waals surface area (Å²) in [6.07, 6.45) is 3.81. The predicted molar refractivity (Wildman–Crippen MR) is 83.7 cm³/mol. The van der Waals surface area contributed by atoms with Crippen LogP contribution in [0.5, 0.6) is 0 Å². The molecule has 1 aromatic carbocycles. The molecule has 6 heteroatoms. The van der Waals surface area contributed by atoms with Crippen molar-refractivity contribution in [3.63, 3.8) is 0 Å². The van der Waals surface area contributed by atoms with Gasteiger partial charge in [-0.05, 0) is 37.0 Å². The van der Waals surface area contributed by atoms with E-state index in [1.807, 2.05) is 12.1 Å². The Morgan fingerprint density at radius 3 is 2.50 bits per heavy atom. The zero-order chi connectivity index (χ0) is 13.9. The minimum atomic E-state index is -3.38. The van der Waals surface area contributed by atoms with Crippen LogP contribution in [0.1, 0.15) is 31.7 Å². The predicted octanol–water partition coefficient (Wildman–Crippen LogP) is 2.17. The fourth-order valence-corrected chi connectivity index (χ4v) is 4.32. The summed E-state index contributed by atoms with van der Waals surface area (Å²) >= 11 is 0. The molecule has 0 saturated carbocycles. The monoisotopic (exact) mass is 318 g/mol. The van der Waals surface area contributed by atoms with Gasteiger partial charge in [-0.15, -0.1) is 12.4 Å². The largest absolute Gasteiger partial charge is 0.329 e. The zero-order valence-corrected chi connectivity index (χ0v) is 13.4. The molecule has 1 aliphatic rings. The van der Waals surface area contributed by atoms with Crippen molar-refractivity contribution < 1.29 is 8.42 Å². The zero-order valence-electron chi connectivity index (χ0n) is 11.8. The molecule has 0 aliphatic carbocycles. The first-order chi connectivity index (χ1) is 9.09. The maximum atomic E-state index is 12.5. The lowest BCUT2D eigenvalue weighted by Crippen LogP contribution is -2.39. The Bertz CT molecular complexity index is 516. The Morgan fingerprint density at radius 1 is 1.30 bits per heavy atom. The third-order valence-corrected chi connectivity index (χ3v) is 5.63. The van der Waals surface area contributed by atoms with E-state index in [0.717, 1.165) is 25.7 Å². The van der Waals surface area contributed by atoms with E-state index in [-0.39, 0.29) is 18.4 Å². The number of hydrogen-bond donors (Lipinski definition) is 1. The van der Waals surface area contributed by atoms with Gasteiger partial charge in [0.15, 0.2) is 0 Å². The minimum Gasteiger partial charge on any atom is -0.329 e. The molecule has 114 valence electrons. The highest BCUT2D eigenvalue weighted by Gasteiger charge is 2.34. The highest BCUT2D eigenvalue weighted by atomic mass is 35.5. The molecule has 0 radical (unpaired) electrons. The number of benzene rings is 1. The van der Waals surface area contributed by atoms with Gasteiger partial charge in [-0.2, -0.15) is 4.31 Å². The van der Waals surface area contributed by atoms with E-state index in [9.17, 15) is 8.42 Å². The summed E-state index contributed by atoms with van der Waals surface area (Å²) in [7, 11) is -3.38. The number of halogens is 1. The topological polar surface area (TPSA) is 63.4 Å². The summed E-state index contributed by atoms with van der Waals surface area (Å²) in [4.78, 5) is 0.382. The van der Waals surface area contributed by atoms with Crippen molar-refractivity contribution in [3.8, 4) is 0 Å². The molecule has 20 heavy (non-hydrogen) atoms. The Labute approximate surface area is 127 Å². The molecule has 1 unspecified atom stereocenters. The average Bonchev–Trinajstić information content (AvgIpc) is 2.89. The van der Waals surface area contributed by atoms with Crippen LogP contribution in [-0.2, 0) is 16.4 Å². The first-order valence-electron chi connectivity index (χ1n) is 6.90. The van der Waals surface area contributed by atoms with Crippen LogP contribution >= 0.6 is 12.4 Å². The molecule has 0 spiro atoms. The van der Waals surface area contributed by atoms with Crippen LogP contribution < -0.4 is 5.73 Å². The number of sulfonamides is 1. The van der Waals surface area contributed by atoms with Crippen LogP contribution in [0.3, 0.4) is 0 Å². The molecular formula is C14H23ClN2O2S.